The molecule has 0 rings (SSSR count). The van der Waals surface area contributed by atoms with Gasteiger partial charge >= 0.3 is 18.9 Å². The molecule has 68 valence electrons. The summed E-state index contributed by atoms with van der Waals surface area (Å²) in [5.74, 6) is 0. The van der Waals surface area contributed by atoms with E-state index in [0.717, 1.165) is 19.7 Å². The van der Waals surface area contributed by atoms with Gasteiger partial charge in [-0.1, -0.05) is 26.8 Å². The molecule has 0 aliphatic rings. The van der Waals surface area contributed by atoms with E-state index >= 15 is 0 Å². The first kappa shape index (κ1) is 15.0. The topological polar surface area (TPSA) is 12.5 Å². The predicted octanol–water partition coefficient (Wildman–Crippen LogP) is -1.08. The molecule has 0 aliphatic carbocycles. The summed E-state index contributed by atoms with van der Waals surface area (Å²) in [6.45, 7) is 13.3. The van der Waals surface area contributed by atoms with Crippen molar-refractivity contribution in [3.63, 3.8) is 0 Å². The van der Waals surface area contributed by atoms with Crippen molar-refractivity contribution in [1.29, 1.82) is 0 Å². The van der Waals surface area contributed by atoms with Gasteiger partial charge in [0.1, 0.15) is 0 Å². The largest absolute Gasteiger partial charge is 1.00 e. The van der Waals surface area contributed by atoms with Gasteiger partial charge in [-0.05, 0) is 20.0 Å². The first-order valence-corrected chi connectivity index (χ1v) is 4.45. The molecule has 1 unspecified atom stereocenters. The second-order valence-electron chi connectivity index (χ2n) is 2.55. The average molecular weight is 165 g/mol. The second kappa shape index (κ2) is 9.60. The molecule has 0 fully saturated rings. The Kier molecular flexibility index (Phi) is 12.0. The minimum Gasteiger partial charge on any atom is -0.551 e. The molecule has 0 bridgehead atoms. The van der Waals surface area contributed by atoms with Crippen molar-refractivity contribution in [3.05, 3.63) is 6.61 Å². The Bertz CT molecular complexity index is 86.6. The minimum absolute atomic E-state index is 0. The Labute approximate surface area is 88.8 Å². The van der Waals surface area contributed by atoms with E-state index in [0.29, 0.717) is 6.04 Å². The Morgan fingerprint density at radius 1 is 1.25 bits per heavy atom. The Morgan fingerprint density at radius 3 is 2.08 bits per heavy atom. The van der Waals surface area contributed by atoms with Crippen LogP contribution < -0.4 is 18.9 Å². The monoisotopic (exact) mass is 165 g/mol. The average Bonchev–Trinajstić information content (AvgIpc) is 2.03. The van der Waals surface area contributed by atoms with Crippen LogP contribution in [-0.4, -0.2) is 30.6 Å². The molecule has 2 nitrogen and oxygen atoms in total. The van der Waals surface area contributed by atoms with Crippen LogP contribution in [0.4, 0.5) is 0 Å². The Hall–Kier alpha value is 0.517. The number of nitrogens with zero attached hydrogens (tertiary/aromatic N) is 1. The number of hydrogen-bond acceptors (Lipinski definition) is 2. The third-order valence-electron chi connectivity index (χ3n) is 1.85. The zero-order chi connectivity index (χ0) is 8.69. The molecule has 0 spiro atoms. The quantitative estimate of drug-likeness (QED) is 0.366. The fraction of sp³-hybridized carbons (Fsp3) is 0.889. The predicted molar refractivity (Wildman–Crippen MR) is 48.3 cm³/mol. The van der Waals surface area contributed by atoms with E-state index in [-0.39, 0.29) is 18.9 Å². The molecule has 0 amide bonds. The van der Waals surface area contributed by atoms with Gasteiger partial charge in [0.2, 0.25) is 0 Å². The van der Waals surface area contributed by atoms with Crippen molar-refractivity contribution in [3.8, 4) is 0 Å². The van der Waals surface area contributed by atoms with E-state index in [1.54, 1.807) is 0 Å². The molecule has 0 saturated heterocycles. The Balaban J connectivity index is 0. The summed E-state index contributed by atoms with van der Waals surface area (Å²) in [6, 6.07) is 0.435. The van der Waals surface area contributed by atoms with Crippen LogP contribution in [0.25, 0.3) is 0 Å². The van der Waals surface area contributed by atoms with Gasteiger partial charge in [0, 0.05) is 6.61 Å². The summed E-state index contributed by atoms with van der Waals surface area (Å²) in [5.41, 5.74) is 0. The molecule has 0 saturated carbocycles. The molecule has 0 N–H and O–H groups in total. The molecule has 1 atom stereocenters. The molecule has 0 aromatic heterocycles. The fourth-order valence-corrected chi connectivity index (χ4v) is 1.12. The normalized spacial score (nSPS) is 12.8. The molecular formula is C9H20LiNO. The molecule has 12 heavy (non-hydrogen) atoms. The van der Waals surface area contributed by atoms with Crippen molar-refractivity contribution in [2.24, 2.45) is 0 Å². The van der Waals surface area contributed by atoms with Crippen LogP contribution in [0.5, 0.6) is 0 Å². The molecule has 0 heterocycles. The number of rotatable bonds is 6. The van der Waals surface area contributed by atoms with Gasteiger partial charge in [-0.15, -0.1) is 0 Å². The zero-order valence-electron chi connectivity index (χ0n) is 9.13. The SMILES string of the molecule is CCO[CH-]C(C)N(CC)CC.[Li+]. The summed E-state index contributed by atoms with van der Waals surface area (Å²) in [7, 11) is 0. The van der Waals surface area contributed by atoms with Crippen molar-refractivity contribution in [1.82, 2.24) is 4.90 Å². The standard InChI is InChI=1S/C9H20NO.Li/c1-5-10(6-2)9(4)8-11-7-3;/h8-9H,5-7H2,1-4H3;/q-1;+1. The van der Waals surface area contributed by atoms with Gasteiger partial charge in [-0.25, -0.2) is 0 Å². The zero-order valence-corrected chi connectivity index (χ0v) is 9.13. The summed E-state index contributed by atoms with van der Waals surface area (Å²) >= 11 is 0. The Morgan fingerprint density at radius 2 is 1.75 bits per heavy atom. The van der Waals surface area contributed by atoms with Crippen LogP contribution in [0.15, 0.2) is 0 Å². The number of ether oxygens (including phenoxy) is 1. The molecule has 0 aromatic carbocycles. The smallest absolute Gasteiger partial charge is 0.551 e. The van der Waals surface area contributed by atoms with Gasteiger partial charge in [-0.3, -0.25) is 0 Å². The van der Waals surface area contributed by atoms with Crippen molar-refractivity contribution < 1.29 is 23.6 Å². The van der Waals surface area contributed by atoms with Crippen molar-refractivity contribution in [2.45, 2.75) is 33.7 Å². The molecule has 0 radical (unpaired) electrons. The van der Waals surface area contributed by atoms with Gasteiger partial charge in [-0.2, -0.15) is 6.61 Å². The van der Waals surface area contributed by atoms with Crippen LogP contribution in [-0.2, 0) is 4.74 Å². The van der Waals surface area contributed by atoms with Gasteiger partial charge in [0.15, 0.2) is 0 Å². The van der Waals surface area contributed by atoms with E-state index in [1.165, 1.54) is 0 Å². The van der Waals surface area contributed by atoms with Crippen LogP contribution in [0.1, 0.15) is 27.7 Å². The molecular weight excluding hydrogens is 145 g/mol. The van der Waals surface area contributed by atoms with Crippen LogP contribution in [0.3, 0.4) is 0 Å². The minimum atomic E-state index is 0. The van der Waals surface area contributed by atoms with E-state index < -0.39 is 0 Å². The molecule has 0 aliphatic heterocycles. The maximum atomic E-state index is 5.21. The third-order valence-corrected chi connectivity index (χ3v) is 1.85. The summed E-state index contributed by atoms with van der Waals surface area (Å²) in [4.78, 5) is 2.34. The van der Waals surface area contributed by atoms with Crippen molar-refractivity contribution >= 4 is 0 Å². The van der Waals surface area contributed by atoms with Crippen LogP contribution in [0.2, 0.25) is 0 Å². The summed E-state index contributed by atoms with van der Waals surface area (Å²) < 4.78 is 5.21. The van der Waals surface area contributed by atoms with E-state index in [1.807, 2.05) is 13.5 Å². The third kappa shape index (κ3) is 6.08. The first-order valence-electron chi connectivity index (χ1n) is 4.45. The van der Waals surface area contributed by atoms with E-state index in [2.05, 4.69) is 25.7 Å². The summed E-state index contributed by atoms with van der Waals surface area (Å²) in [5, 5.41) is 0. The first-order chi connectivity index (χ1) is 5.26. The van der Waals surface area contributed by atoms with Gasteiger partial charge in [0.05, 0.1) is 0 Å². The fourth-order valence-electron chi connectivity index (χ4n) is 1.12. The maximum absolute atomic E-state index is 5.21. The van der Waals surface area contributed by atoms with E-state index in [9.17, 15) is 0 Å². The molecule has 3 heteroatoms. The maximum Gasteiger partial charge on any atom is 1.00 e. The van der Waals surface area contributed by atoms with E-state index in [4.69, 9.17) is 4.74 Å². The van der Waals surface area contributed by atoms with Crippen molar-refractivity contribution in [2.75, 3.05) is 19.7 Å². The second-order valence-corrected chi connectivity index (χ2v) is 2.55. The van der Waals surface area contributed by atoms with Crippen LogP contribution in [0, 0.1) is 6.61 Å². The number of likely N-dealkylation sites (N-methyl/N-ethyl adjacent to an activating group) is 1. The van der Waals surface area contributed by atoms with Crippen LogP contribution >= 0.6 is 0 Å². The van der Waals surface area contributed by atoms with Gasteiger partial charge in [0.25, 0.3) is 0 Å². The summed E-state index contributed by atoms with van der Waals surface area (Å²) in [6.07, 6.45) is 0. The number of hydrogen-bond donors (Lipinski definition) is 0. The van der Waals surface area contributed by atoms with Gasteiger partial charge < -0.3 is 9.64 Å². The molecule has 0 aromatic rings.